The second-order valence-corrected chi connectivity index (χ2v) is 10.7. The normalized spacial score (nSPS) is 18.7. The Hall–Kier alpha value is -4.44. The number of nitro groups is 1. The Morgan fingerprint density at radius 3 is 2.62 bits per heavy atom. The van der Waals surface area contributed by atoms with Crippen molar-refractivity contribution in [2.24, 2.45) is 0 Å². The number of aromatic hydroxyl groups is 1. The van der Waals surface area contributed by atoms with E-state index in [1.165, 1.54) is 19.2 Å². The lowest BCUT2D eigenvalue weighted by Gasteiger charge is -2.36. The SMILES string of the molecule is COc1cc([C@H]2C(C(=O)OCCc3ccccc3)=C(C)NC3=C2C(=O)C[C@@H](c2cccs2)C3)cc([N+](=O)[O-])c1O. The zero-order valence-corrected chi connectivity index (χ0v) is 22.8. The van der Waals surface area contributed by atoms with Gasteiger partial charge in [-0.15, -0.1) is 11.3 Å². The minimum atomic E-state index is -0.939. The number of ketones is 1. The van der Waals surface area contributed by atoms with Gasteiger partial charge in [-0.1, -0.05) is 36.4 Å². The number of esters is 1. The maximum Gasteiger partial charge on any atom is 0.336 e. The van der Waals surface area contributed by atoms with Gasteiger partial charge in [-0.3, -0.25) is 14.9 Å². The molecule has 5 rings (SSSR count). The Balaban J connectivity index is 1.56. The zero-order valence-electron chi connectivity index (χ0n) is 22.0. The number of benzene rings is 2. The van der Waals surface area contributed by atoms with E-state index in [9.17, 15) is 24.8 Å². The summed E-state index contributed by atoms with van der Waals surface area (Å²) in [4.78, 5) is 39.5. The molecule has 1 aliphatic carbocycles. The van der Waals surface area contributed by atoms with Crippen molar-refractivity contribution in [2.45, 2.75) is 38.0 Å². The molecule has 10 heteroatoms. The standard InChI is InChI=1S/C30H28N2O7S/c1-17-26(30(35)39-11-10-18-7-4-3-5-8-18)27(20-14-22(32(36)37)29(34)24(16-20)38-2)28-21(31-17)13-19(15-23(28)33)25-9-6-12-40-25/h3-9,12,14,16,19,27,31,34H,10-11,13,15H2,1-2H3/t19-,27-/m0/s1. The first-order valence-electron chi connectivity index (χ1n) is 12.8. The number of rotatable bonds is 8. The van der Waals surface area contributed by atoms with Crippen LogP contribution in [0.4, 0.5) is 5.69 Å². The summed E-state index contributed by atoms with van der Waals surface area (Å²) in [5.74, 6) is -2.49. The maximum absolute atomic E-state index is 13.7. The third-order valence-electron chi connectivity index (χ3n) is 7.29. The van der Waals surface area contributed by atoms with E-state index >= 15 is 0 Å². The van der Waals surface area contributed by atoms with Crippen LogP contribution in [0.3, 0.4) is 0 Å². The van der Waals surface area contributed by atoms with E-state index < -0.39 is 28.2 Å². The van der Waals surface area contributed by atoms with Crippen molar-refractivity contribution in [1.29, 1.82) is 0 Å². The fourth-order valence-corrected chi connectivity index (χ4v) is 6.26. The van der Waals surface area contributed by atoms with Gasteiger partial charge in [0, 0.05) is 52.6 Å². The highest BCUT2D eigenvalue weighted by Crippen LogP contribution is 2.49. The molecular formula is C30H28N2O7S. The van der Waals surface area contributed by atoms with Crippen LogP contribution in [0, 0.1) is 10.1 Å². The van der Waals surface area contributed by atoms with Gasteiger partial charge in [0.05, 0.1) is 24.2 Å². The van der Waals surface area contributed by atoms with Crippen LogP contribution in [0.15, 0.2) is 82.5 Å². The number of thiophene rings is 1. The van der Waals surface area contributed by atoms with Crippen LogP contribution in [-0.2, 0) is 20.7 Å². The summed E-state index contributed by atoms with van der Waals surface area (Å²) in [6.45, 7) is 1.85. The van der Waals surface area contributed by atoms with Gasteiger partial charge >= 0.3 is 11.7 Å². The number of nitrogens with one attached hydrogen (secondary N) is 1. The van der Waals surface area contributed by atoms with Crippen LogP contribution < -0.4 is 10.1 Å². The van der Waals surface area contributed by atoms with Gasteiger partial charge in [-0.2, -0.15) is 0 Å². The molecule has 3 aromatic rings. The van der Waals surface area contributed by atoms with E-state index in [1.54, 1.807) is 18.3 Å². The number of hydrogen-bond donors (Lipinski definition) is 2. The van der Waals surface area contributed by atoms with E-state index in [0.29, 0.717) is 29.8 Å². The van der Waals surface area contributed by atoms with Crippen molar-refractivity contribution in [3.05, 3.63) is 109 Å². The first kappa shape index (κ1) is 27.1. The van der Waals surface area contributed by atoms with Crippen molar-refractivity contribution in [3.63, 3.8) is 0 Å². The highest BCUT2D eigenvalue weighted by molar-refractivity contribution is 7.10. The number of ether oxygens (including phenoxy) is 2. The van der Waals surface area contributed by atoms with Crippen molar-refractivity contribution in [3.8, 4) is 11.5 Å². The van der Waals surface area contributed by atoms with Crippen LogP contribution in [-0.4, -0.2) is 35.5 Å². The molecule has 0 fully saturated rings. The Bertz CT molecular complexity index is 1530. The topological polar surface area (TPSA) is 128 Å². The predicted octanol–water partition coefficient (Wildman–Crippen LogP) is 5.52. The summed E-state index contributed by atoms with van der Waals surface area (Å²) in [6, 6.07) is 16.2. The van der Waals surface area contributed by atoms with Crippen molar-refractivity contribution >= 4 is 28.8 Å². The number of nitro benzene ring substituents is 1. The Kier molecular flexibility index (Phi) is 7.70. The van der Waals surface area contributed by atoms with E-state index in [2.05, 4.69) is 5.32 Å². The van der Waals surface area contributed by atoms with Gasteiger partial charge < -0.3 is 19.9 Å². The molecule has 2 aliphatic rings. The number of dihydropyridines is 1. The number of allylic oxidation sites excluding steroid dienone is 3. The highest BCUT2D eigenvalue weighted by atomic mass is 32.1. The number of Topliss-reactive ketones (excluding diaryl/α,β-unsaturated/α-hetero) is 1. The van der Waals surface area contributed by atoms with Crippen molar-refractivity contribution in [1.82, 2.24) is 5.32 Å². The van der Waals surface area contributed by atoms with Crippen molar-refractivity contribution in [2.75, 3.05) is 13.7 Å². The summed E-state index contributed by atoms with van der Waals surface area (Å²) < 4.78 is 10.9. The highest BCUT2D eigenvalue weighted by Gasteiger charge is 2.42. The molecule has 9 nitrogen and oxygen atoms in total. The number of phenolic OH excluding ortho intramolecular Hbond substituents is 1. The van der Waals surface area contributed by atoms with Crippen LogP contribution in [0.2, 0.25) is 0 Å². The number of nitrogens with zero attached hydrogens (tertiary/aromatic N) is 1. The van der Waals surface area contributed by atoms with E-state index in [0.717, 1.165) is 10.4 Å². The van der Waals surface area contributed by atoms with Crippen LogP contribution in [0.5, 0.6) is 11.5 Å². The molecular weight excluding hydrogens is 532 g/mol. The minimum Gasteiger partial charge on any atom is -0.500 e. The number of carbonyl (C=O) groups is 2. The smallest absolute Gasteiger partial charge is 0.336 e. The van der Waals surface area contributed by atoms with Gasteiger partial charge in [0.2, 0.25) is 5.75 Å². The summed E-state index contributed by atoms with van der Waals surface area (Å²) in [5, 5.41) is 27.5. The third kappa shape index (κ3) is 5.22. The molecule has 0 saturated carbocycles. The van der Waals surface area contributed by atoms with E-state index in [4.69, 9.17) is 9.47 Å². The third-order valence-corrected chi connectivity index (χ3v) is 8.32. The molecule has 2 aromatic carbocycles. The van der Waals surface area contributed by atoms with E-state index in [-0.39, 0.29) is 41.6 Å². The number of methoxy groups -OCH3 is 1. The summed E-state index contributed by atoms with van der Waals surface area (Å²) in [6.07, 6.45) is 1.29. The second kappa shape index (κ2) is 11.4. The lowest BCUT2D eigenvalue weighted by atomic mass is 9.72. The average molecular weight is 561 g/mol. The van der Waals surface area contributed by atoms with Crippen LogP contribution in [0.1, 0.15) is 47.6 Å². The summed E-state index contributed by atoms with van der Waals surface area (Å²) in [7, 11) is 1.28. The molecule has 0 radical (unpaired) electrons. The Labute approximate surface area is 234 Å². The summed E-state index contributed by atoms with van der Waals surface area (Å²) in [5.41, 5.74) is 2.45. The largest absolute Gasteiger partial charge is 0.500 e. The Morgan fingerprint density at radius 2 is 1.95 bits per heavy atom. The number of phenols is 1. The zero-order chi connectivity index (χ0) is 28.4. The maximum atomic E-state index is 13.7. The molecule has 1 aromatic heterocycles. The molecule has 0 unspecified atom stereocenters. The molecule has 40 heavy (non-hydrogen) atoms. The fraction of sp³-hybridized carbons (Fsp3) is 0.267. The quantitative estimate of drug-likeness (QED) is 0.209. The number of hydrogen-bond acceptors (Lipinski definition) is 9. The molecule has 0 saturated heterocycles. The lowest BCUT2D eigenvalue weighted by Crippen LogP contribution is -2.36. The van der Waals surface area contributed by atoms with Gasteiger partial charge in [0.15, 0.2) is 11.5 Å². The molecule has 0 spiro atoms. The van der Waals surface area contributed by atoms with Gasteiger partial charge in [0.25, 0.3) is 0 Å². The first-order chi connectivity index (χ1) is 19.3. The molecule has 2 N–H and O–H groups in total. The van der Waals surface area contributed by atoms with Gasteiger partial charge in [-0.25, -0.2) is 4.79 Å². The molecule has 0 amide bonds. The molecule has 2 heterocycles. The predicted molar refractivity (Wildman–Crippen MR) is 149 cm³/mol. The minimum absolute atomic E-state index is 0.0183. The lowest BCUT2D eigenvalue weighted by molar-refractivity contribution is -0.386. The molecule has 2 atom stereocenters. The average Bonchev–Trinajstić information content (AvgIpc) is 3.48. The fourth-order valence-electron chi connectivity index (χ4n) is 5.43. The first-order valence-corrected chi connectivity index (χ1v) is 13.7. The van der Waals surface area contributed by atoms with Gasteiger partial charge in [-0.05, 0) is 42.0 Å². The van der Waals surface area contributed by atoms with E-state index in [1.807, 2.05) is 47.8 Å². The second-order valence-electron chi connectivity index (χ2n) is 9.75. The number of carbonyl (C=O) groups excluding carboxylic acids is 2. The molecule has 206 valence electrons. The summed E-state index contributed by atoms with van der Waals surface area (Å²) >= 11 is 1.59. The Morgan fingerprint density at radius 1 is 1.18 bits per heavy atom. The van der Waals surface area contributed by atoms with Crippen molar-refractivity contribution < 1.29 is 29.1 Å². The van der Waals surface area contributed by atoms with Crippen LogP contribution in [0.25, 0.3) is 0 Å². The van der Waals surface area contributed by atoms with Gasteiger partial charge in [0.1, 0.15) is 0 Å². The monoisotopic (exact) mass is 560 g/mol. The molecule has 1 aliphatic heterocycles. The van der Waals surface area contributed by atoms with Crippen LogP contribution >= 0.6 is 11.3 Å². The molecule has 0 bridgehead atoms.